The van der Waals surface area contributed by atoms with E-state index < -0.39 is 0 Å². The van der Waals surface area contributed by atoms with Gasteiger partial charge in [0.1, 0.15) is 5.82 Å². The maximum absolute atomic E-state index is 12.0. The molecule has 0 atom stereocenters. The highest BCUT2D eigenvalue weighted by Gasteiger charge is 2.47. The Morgan fingerprint density at radius 3 is 2.88 bits per heavy atom. The first kappa shape index (κ1) is 15.8. The fourth-order valence-electron chi connectivity index (χ4n) is 3.33. The summed E-state index contributed by atoms with van der Waals surface area (Å²) in [6.07, 6.45) is 4.33. The van der Waals surface area contributed by atoms with Gasteiger partial charge in [0.25, 0.3) is 0 Å². The summed E-state index contributed by atoms with van der Waals surface area (Å²) in [6, 6.07) is 4.04. The second-order valence-electron chi connectivity index (χ2n) is 7.62. The summed E-state index contributed by atoms with van der Waals surface area (Å²) >= 11 is 0. The number of hydrogen-bond acceptors (Lipinski definition) is 5. The average Bonchev–Trinajstić information content (AvgIpc) is 3.43. The Bertz CT molecular complexity index is 638. The summed E-state index contributed by atoms with van der Waals surface area (Å²) in [5.41, 5.74) is 2.28. The molecule has 1 amide bonds. The molecule has 6 heteroatoms. The first-order valence-corrected chi connectivity index (χ1v) is 8.89. The van der Waals surface area contributed by atoms with Crippen molar-refractivity contribution >= 4 is 17.4 Å². The molecule has 3 aliphatic rings. The third-order valence-corrected chi connectivity index (χ3v) is 5.01. The van der Waals surface area contributed by atoms with Gasteiger partial charge in [0, 0.05) is 25.6 Å². The van der Waals surface area contributed by atoms with Crippen molar-refractivity contribution in [1.29, 1.82) is 0 Å². The molecule has 1 N–H and O–H groups in total. The van der Waals surface area contributed by atoms with Crippen molar-refractivity contribution in [2.24, 2.45) is 5.92 Å². The molecule has 24 heavy (non-hydrogen) atoms. The van der Waals surface area contributed by atoms with Crippen molar-refractivity contribution in [1.82, 2.24) is 9.88 Å². The highest BCUT2D eigenvalue weighted by molar-refractivity contribution is 5.93. The number of aromatic nitrogens is 1. The van der Waals surface area contributed by atoms with Gasteiger partial charge in [-0.15, -0.1) is 0 Å². The molecule has 1 aliphatic heterocycles. The summed E-state index contributed by atoms with van der Waals surface area (Å²) in [4.78, 5) is 21.3. The standard InChI is InChI=1S/C18H26N4O2/c1-21(2)11-14-15(22-9-10-24-18(12-22)7-8-18)5-6-16(19-14)20-17(23)13-3-4-13/h5-6,13H,3-4,7-12H2,1-2H3,(H,19,20,23). The molecule has 1 spiro atoms. The monoisotopic (exact) mass is 330 g/mol. The van der Waals surface area contributed by atoms with Gasteiger partial charge in [0.15, 0.2) is 0 Å². The lowest BCUT2D eigenvalue weighted by Gasteiger charge is -2.36. The van der Waals surface area contributed by atoms with Gasteiger partial charge in [-0.25, -0.2) is 4.98 Å². The van der Waals surface area contributed by atoms with Gasteiger partial charge < -0.3 is 19.9 Å². The molecule has 2 saturated carbocycles. The molecule has 4 rings (SSSR count). The molecule has 2 aliphatic carbocycles. The Morgan fingerprint density at radius 1 is 1.42 bits per heavy atom. The summed E-state index contributed by atoms with van der Waals surface area (Å²) < 4.78 is 5.93. The van der Waals surface area contributed by atoms with E-state index in [4.69, 9.17) is 9.72 Å². The SMILES string of the molecule is CN(C)Cc1nc(NC(=O)C2CC2)ccc1N1CCOC2(CC2)C1. The van der Waals surface area contributed by atoms with Crippen molar-refractivity contribution in [3.05, 3.63) is 17.8 Å². The van der Waals surface area contributed by atoms with Gasteiger partial charge in [-0.05, 0) is 51.9 Å². The minimum Gasteiger partial charge on any atom is -0.371 e. The zero-order chi connectivity index (χ0) is 16.7. The van der Waals surface area contributed by atoms with Crippen LogP contribution in [0.3, 0.4) is 0 Å². The molecule has 3 fully saturated rings. The number of nitrogens with one attached hydrogen (secondary N) is 1. The van der Waals surface area contributed by atoms with Gasteiger partial charge in [-0.2, -0.15) is 0 Å². The molecular formula is C18H26N4O2. The number of nitrogens with zero attached hydrogens (tertiary/aromatic N) is 3. The Hall–Kier alpha value is -1.66. The first-order valence-electron chi connectivity index (χ1n) is 8.89. The van der Waals surface area contributed by atoms with E-state index in [0.29, 0.717) is 5.82 Å². The highest BCUT2D eigenvalue weighted by atomic mass is 16.5. The van der Waals surface area contributed by atoms with Gasteiger partial charge in [-0.1, -0.05) is 0 Å². The average molecular weight is 330 g/mol. The van der Waals surface area contributed by atoms with Crippen LogP contribution in [0.5, 0.6) is 0 Å². The molecule has 1 saturated heterocycles. The molecule has 6 nitrogen and oxygen atoms in total. The predicted molar refractivity (Wildman–Crippen MR) is 93.1 cm³/mol. The second kappa shape index (κ2) is 6.01. The van der Waals surface area contributed by atoms with E-state index in [2.05, 4.69) is 21.2 Å². The minimum absolute atomic E-state index is 0.0898. The van der Waals surface area contributed by atoms with Crippen LogP contribution in [0.15, 0.2) is 12.1 Å². The Labute approximate surface area is 143 Å². The van der Waals surface area contributed by atoms with Crippen LogP contribution in [-0.4, -0.2) is 55.2 Å². The number of anilines is 2. The van der Waals surface area contributed by atoms with Crippen molar-refractivity contribution < 1.29 is 9.53 Å². The van der Waals surface area contributed by atoms with E-state index in [-0.39, 0.29) is 17.4 Å². The molecular weight excluding hydrogens is 304 g/mol. The number of rotatable bonds is 5. The minimum atomic E-state index is 0.0898. The van der Waals surface area contributed by atoms with Crippen molar-refractivity contribution in [2.75, 3.05) is 44.0 Å². The van der Waals surface area contributed by atoms with Gasteiger partial charge in [0.05, 0.1) is 23.6 Å². The number of carbonyl (C=O) groups is 1. The van der Waals surface area contributed by atoms with E-state index in [1.165, 1.54) is 5.69 Å². The smallest absolute Gasteiger partial charge is 0.228 e. The lowest BCUT2D eigenvalue weighted by molar-refractivity contribution is -0.117. The lowest BCUT2D eigenvalue weighted by atomic mass is 10.2. The normalized spacial score (nSPS) is 22.0. The molecule has 130 valence electrons. The highest BCUT2D eigenvalue weighted by Crippen LogP contribution is 2.43. The summed E-state index contributed by atoms with van der Waals surface area (Å²) in [6.45, 7) is 3.38. The fourth-order valence-corrected chi connectivity index (χ4v) is 3.33. The van der Waals surface area contributed by atoms with Gasteiger partial charge >= 0.3 is 0 Å². The number of ether oxygens (including phenoxy) is 1. The van der Waals surface area contributed by atoms with Crippen molar-refractivity contribution in [2.45, 2.75) is 37.8 Å². The fraction of sp³-hybridized carbons (Fsp3) is 0.667. The summed E-state index contributed by atoms with van der Waals surface area (Å²) in [7, 11) is 4.09. The third kappa shape index (κ3) is 3.39. The first-order chi connectivity index (χ1) is 11.5. The summed E-state index contributed by atoms with van der Waals surface area (Å²) in [5.74, 6) is 0.967. The number of carbonyl (C=O) groups excluding carboxylic acids is 1. The van der Waals surface area contributed by atoms with Crippen LogP contribution in [0.25, 0.3) is 0 Å². The largest absolute Gasteiger partial charge is 0.371 e. The van der Waals surface area contributed by atoms with Gasteiger partial charge in [0.2, 0.25) is 5.91 Å². The van der Waals surface area contributed by atoms with Gasteiger partial charge in [-0.3, -0.25) is 4.79 Å². The number of pyridine rings is 1. The third-order valence-electron chi connectivity index (χ3n) is 5.01. The molecule has 2 heterocycles. The topological polar surface area (TPSA) is 57.7 Å². The zero-order valence-corrected chi connectivity index (χ0v) is 14.5. The van der Waals surface area contributed by atoms with E-state index >= 15 is 0 Å². The Balaban J connectivity index is 1.56. The molecule has 0 bridgehead atoms. The van der Waals surface area contributed by atoms with Crippen LogP contribution in [0, 0.1) is 5.92 Å². The number of hydrogen-bond donors (Lipinski definition) is 1. The maximum atomic E-state index is 12.0. The lowest BCUT2D eigenvalue weighted by Crippen LogP contribution is -2.44. The Kier molecular flexibility index (Phi) is 3.96. The summed E-state index contributed by atoms with van der Waals surface area (Å²) in [5, 5.41) is 2.96. The van der Waals surface area contributed by atoms with Crippen molar-refractivity contribution in [3.8, 4) is 0 Å². The van der Waals surface area contributed by atoms with E-state index in [0.717, 1.165) is 57.6 Å². The second-order valence-corrected chi connectivity index (χ2v) is 7.62. The molecule has 0 radical (unpaired) electrons. The quantitative estimate of drug-likeness (QED) is 0.893. The van der Waals surface area contributed by atoms with E-state index in [9.17, 15) is 4.79 Å². The molecule has 0 aromatic carbocycles. The van der Waals surface area contributed by atoms with Crippen LogP contribution in [-0.2, 0) is 16.1 Å². The molecule has 0 unspecified atom stereocenters. The van der Waals surface area contributed by atoms with E-state index in [1.54, 1.807) is 0 Å². The van der Waals surface area contributed by atoms with Crippen LogP contribution in [0.2, 0.25) is 0 Å². The predicted octanol–water partition coefficient (Wildman–Crippen LogP) is 1.86. The molecule has 1 aromatic heterocycles. The maximum Gasteiger partial charge on any atom is 0.228 e. The van der Waals surface area contributed by atoms with Crippen LogP contribution >= 0.6 is 0 Å². The zero-order valence-electron chi connectivity index (χ0n) is 14.5. The Morgan fingerprint density at radius 2 is 2.21 bits per heavy atom. The number of morpholine rings is 1. The van der Waals surface area contributed by atoms with Crippen LogP contribution in [0.1, 0.15) is 31.4 Å². The van der Waals surface area contributed by atoms with Crippen LogP contribution < -0.4 is 10.2 Å². The molecule has 1 aromatic rings. The number of amides is 1. The van der Waals surface area contributed by atoms with E-state index in [1.807, 2.05) is 20.2 Å². The van der Waals surface area contributed by atoms with Crippen molar-refractivity contribution in [3.63, 3.8) is 0 Å². The van der Waals surface area contributed by atoms with Crippen LogP contribution in [0.4, 0.5) is 11.5 Å².